The molecule has 1 saturated carbocycles. The lowest BCUT2D eigenvalue weighted by Gasteiger charge is -2.27. The third kappa shape index (κ3) is 3.72. The van der Waals surface area contributed by atoms with Gasteiger partial charge in [0.1, 0.15) is 5.82 Å². The smallest absolute Gasteiger partial charge is 0.125 e. The lowest BCUT2D eigenvalue weighted by molar-refractivity contribution is 0.278. The number of nitrogens with one attached hydrogen (secondary N) is 1. The van der Waals surface area contributed by atoms with Gasteiger partial charge in [0.05, 0.1) is 0 Å². The predicted octanol–water partition coefficient (Wildman–Crippen LogP) is 4.02. The lowest BCUT2D eigenvalue weighted by atomic mass is 9.81. The molecule has 0 amide bonds. The van der Waals surface area contributed by atoms with Gasteiger partial charge in [0.15, 0.2) is 0 Å². The van der Waals surface area contributed by atoms with Crippen LogP contribution in [0.2, 0.25) is 0 Å². The molecule has 0 saturated heterocycles. The first-order valence-corrected chi connectivity index (χ1v) is 6.94. The van der Waals surface area contributed by atoms with Gasteiger partial charge >= 0.3 is 0 Å². The van der Waals surface area contributed by atoms with Crippen molar-refractivity contribution in [1.29, 1.82) is 0 Å². The van der Waals surface area contributed by atoms with Crippen molar-refractivity contribution in [2.24, 2.45) is 11.8 Å². The number of anilines is 1. The van der Waals surface area contributed by atoms with Crippen LogP contribution in [0.4, 0.5) is 5.82 Å². The summed E-state index contributed by atoms with van der Waals surface area (Å²) in [5, 5.41) is 3.46. The zero-order valence-corrected chi connectivity index (χ0v) is 11.1. The van der Waals surface area contributed by atoms with E-state index < -0.39 is 0 Å². The molecule has 2 heteroatoms. The Bertz CT molecular complexity index is 323. The first kappa shape index (κ1) is 12.4. The maximum atomic E-state index is 4.38. The molecular weight excluding hydrogens is 208 g/mol. The summed E-state index contributed by atoms with van der Waals surface area (Å²) in [7, 11) is 0. The molecule has 2 nitrogen and oxygen atoms in total. The van der Waals surface area contributed by atoms with E-state index in [9.17, 15) is 0 Å². The highest BCUT2D eigenvalue weighted by Crippen LogP contribution is 2.30. The Kier molecular flexibility index (Phi) is 4.41. The van der Waals surface area contributed by atoms with Crippen LogP contribution in [-0.4, -0.2) is 11.5 Å². The summed E-state index contributed by atoms with van der Waals surface area (Å²) in [4.78, 5) is 4.38. The van der Waals surface area contributed by atoms with Crippen LogP contribution in [0.25, 0.3) is 0 Å². The van der Waals surface area contributed by atoms with E-state index in [0.717, 1.165) is 24.2 Å². The highest BCUT2D eigenvalue weighted by molar-refractivity contribution is 5.35. The van der Waals surface area contributed by atoms with Crippen molar-refractivity contribution in [3.8, 4) is 0 Å². The Balaban J connectivity index is 1.74. The molecule has 1 heterocycles. The topological polar surface area (TPSA) is 24.9 Å². The minimum atomic E-state index is 0.848. The monoisotopic (exact) mass is 232 g/mol. The summed E-state index contributed by atoms with van der Waals surface area (Å²) in [6, 6.07) is 4.19. The second kappa shape index (κ2) is 6.04. The van der Waals surface area contributed by atoms with Gasteiger partial charge < -0.3 is 5.32 Å². The number of aryl methyl sites for hydroxylation is 1. The Morgan fingerprint density at radius 2 is 1.88 bits per heavy atom. The zero-order chi connectivity index (χ0) is 12.1. The fourth-order valence-corrected chi connectivity index (χ4v) is 2.67. The van der Waals surface area contributed by atoms with Gasteiger partial charge in [0.2, 0.25) is 0 Å². The van der Waals surface area contributed by atoms with Crippen LogP contribution in [0.3, 0.4) is 0 Å². The summed E-state index contributed by atoms with van der Waals surface area (Å²) < 4.78 is 0. The third-order valence-electron chi connectivity index (χ3n) is 4.03. The van der Waals surface area contributed by atoms with E-state index >= 15 is 0 Å². The van der Waals surface area contributed by atoms with Gasteiger partial charge in [-0.2, -0.15) is 0 Å². The molecule has 0 atom stereocenters. The Hall–Kier alpha value is -1.05. The Labute approximate surface area is 105 Å². The van der Waals surface area contributed by atoms with Crippen LogP contribution in [0, 0.1) is 18.8 Å². The third-order valence-corrected chi connectivity index (χ3v) is 4.03. The second-order valence-corrected chi connectivity index (χ2v) is 5.40. The van der Waals surface area contributed by atoms with Gasteiger partial charge in [-0.05, 0) is 43.2 Å². The lowest BCUT2D eigenvalue weighted by Crippen LogP contribution is -2.21. The van der Waals surface area contributed by atoms with Crippen LogP contribution < -0.4 is 5.32 Å². The van der Waals surface area contributed by atoms with Crippen LogP contribution >= 0.6 is 0 Å². The van der Waals surface area contributed by atoms with E-state index in [1.807, 2.05) is 6.20 Å². The number of nitrogens with zero attached hydrogens (tertiary/aromatic N) is 1. The maximum Gasteiger partial charge on any atom is 0.125 e. The average molecular weight is 232 g/mol. The fourth-order valence-electron chi connectivity index (χ4n) is 2.67. The molecule has 1 aromatic heterocycles. The first-order valence-electron chi connectivity index (χ1n) is 6.94. The van der Waals surface area contributed by atoms with Crippen LogP contribution in [0.15, 0.2) is 18.3 Å². The molecule has 0 spiro atoms. The highest BCUT2D eigenvalue weighted by atomic mass is 15.0. The summed E-state index contributed by atoms with van der Waals surface area (Å²) in [6.07, 6.45) is 8.90. The van der Waals surface area contributed by atoms with E-state index in [0.29, 0.717) is 0 Å². The van der Waals surface area contributed by atoms with E-state index in [2.05, 4.69) is 36.3 Å². The van der Waals surface area contributed by atoms with E-state index in [-0.39, 0.29) is 0 Å². The number of pyridine rings is 1. The van der Waals surface area contributed by atoms with Gasteiger partial charge in [0, 0.05) is 12.7 Å². The van der Waals surface area contributed by atoms with E-state index in [4.69, 9.17) is 0 Å². The molecule has 0 unspecified atom stereocenters. The predicted molar refractivity (Wildman–Crippen MR) is 73.2 cm³/mol. The number of aromatic nitrogens is 1. The molecule has 0 aromatic carbocycles. The molecule has 2 rings (SSSR count). The molecule has 94 valence electrons. The van der Waals surface area contributed by atoms with Gasteiger partial charge in [-0.15, -0.1) is 0 Å². The Morgan fingerprint density at radius 3 is 2.47 bits per heavy atom. The molecule has 0 bridgehead atoms. The largest absolute Gasteiger partial charge is 0.370 e. The van der Waals surface area contributed by atoms with Gasteiger partial charge in [-0.3, -0.25) is 0 Å². The number of hydrogen-bond acceptors (Lipinski definition) is 2. The summed E-state index contributed by atoms with van der Waals surface area (Å²) in [5.41, 5.74) is 1.22. The minimum Gasteiger partial charge on any atom is -0.370 e. The quantitative estimate of drug-likeness (QED) is 0.848. The fraction of sp³-hybridized carbons (Fsp3) is 0.667. The minimum absolute atomic E-state index is 0.848. The van der Waals surface area contributed by atoms with Gasteiger partial charge in [-0.1, -0.05) is 32.3 Å². The molecule has 0 aliphatic heterocycles. The van der Waals surface area contributed by atoms with Crippen molar-refractivity contribution < 1.29 is 0 Å². The molecule has 0 radical (unpaired) electrons. The number of rotatable bonds is 4. The Morgan fingerprint density at radius 1 is 1.18 bits per heavy atom. The van der Waals surface area contributed by atoms with Crippen LogP contribution in [0.1, 0.15) is 44.6 Å². The number of hydrogen-bond donors (Lipinski definition) is 1. The van der Waals surface area contributed by atoms with Gasteiger partial charge in [0.25, 0.3) is 0 Å². The molecular formula is C15H24N2. The van der Waals surface area contributed by atoms with Crippen LogP contribution in [0.5, 0.6) is 0 Å². The molecule has 1 aliphatic rings. The highest BCUT2D eigenvalue weighted by Gasteiger charge is 2.19. The standard InChI is InChI=1S/C15H24N2/c1-3-13-5-7-14(8-6-13)11-17-15-9-4-12(2)10-16-15/h4,9-10,13-14H,3,5-8,11H2,1-2H3,(H,16,17). The van der Waals surface area contributed by atoms with Crippen molar-refractivity contribution in [3.63, 3.8) is 0 Å². The molecule has 17 heavy (non-hydrogen) atoms. The zero-order valence-electron chi connectivity index (χ0n) is 11.1. The second-order valence-electron chi connectivity index (χ2n) is 5.40. The summed E-state index contributed by atoms with van der Waals surface area (Å²) >= 11 is 0. The SMILES string of the molecule is CCC1CCC(CNc2ccc(C)cn2)CC1. The first-order chi connectivity index (χ1) is 8.28. The normalized spacial score (nSPS) is 24.6. The van der Waals surface area contributed by atoms with Crippen LogP contribution in [-0.2, 0) is 0 Å². The molecule has 1 fully saturated rings. The molecule has 1 N–H and O–H groups in total. The maximum absolute atomic E-state index is 4.38. The molecule has 1 aliphatic carbocycles. The summed E-state index contributed by atoms with van der Waals surface area (Å²) in [6.45, 7) is 5.48. The van der Waals surface area contributed by atoms with Crippen molar-refractivity contribution in [3.05, 3.63) is 23.9 Å². The van der Waals surface area contributed by atoms with Crippen molar-refractivity contribution in [2.45, 2.75) is 46.0 Å². The van der Waals surface area contributed by atoms with Crippen molar-refractivity contribution in [2.75, 3.05) is 11.9 Å². The van der Waals surface area contributed by atoms with Gasteiger partial charge in [-0.25, -0.2) is 4.98 Å². The average Bonchev–Trinajstić information content (AvgIpc) is 2.39. The van der Waals surface area contributed by atoms with Crippen molar-refractivity contribution in [1.82, 2.24) is 4.98 Å². The summed E-state index contributed by atoms with van der Waals surface area (Å²) in [5.74, 6) is 2.86. The molecule has 1 aromatic rings. The van der Waals surface area contributed by atoms with E-state index in [1.54, 1.807) is 0 Å². The van der Waals surface area contributed by atoms with E-state index in [1.165, 1.54) is 37.7 Å². The van der Waals surface area contributed by atoms with Crippen molar-refractivity contribution >= 4 is 5.82 Å².